The van der Waals surface area contributed by atoms with E-state index < -0.39 is 0 Å². The Morgan fingerprint density at radius 2 is 2.21 bits per heavy atom. The first-order valence-electron chi connectivity index (χ1n) is 5.59. The van der Waals surface area contributed by atoms with Crippen LogP contribution in [-0.4, -0.2) is 25.0 Å². The summed E-state index contributed by atoms with van der Waals surface area (Å²) in [5, 5.41) is 19.0. The van der Waals surface area contributed by atoms with Gasteiger partial charge < -0.3 is 8.98 Å². The average Bonchev–Trinajstić information content (AvgIpc) is 3.09. The lowest BCUT2D eigenvalue weighted by Crippen LogP contribution is -1.94. The van der Waals surface area contributed by atoms with Crippen LogP contribution in [0.15, 0.2) is 27.1 Å². The average molecular weight is 293 g/mol. The zero-order valence-corrected chi connectivity index (χ0v) is 12.0. The Balaban J connectivity index is 1.75. The van der Waals surface area contributed by atoms with Gasteiger partial charge in [0.05, 0.1) is 10.6 Å². The quantitative estimate of drug-likeness (QED) is 0.688. The fraction of sp³-hybridized carbons (Fsp3) is 0.273. The molecule has 98 valence electrons. The number of aryl methyl sites for hydroxylation is 1. The van der Waals surface area contributed by atoms with Crippen LogP contribution in [0.25, 0.3) is 10.7 Å². The molecule has 0 fully saturated rings. The van der Waals surface area contributed by atoms with Gasteiger partial charge in [-0.25, -0.2) is 0 Å². The van der Waals surface area contributed by atoms with Gasteiger partial charge in [0.2, 0.25) is 11.8 Å². The molecule has 0 saturated carbocycles. The molecule has 0 aliphatic rings. The third-order valence-electron chi connectivity index (χ3n) is 2.47. The van der Waals surface area contributed by atoms with Crippen molar-refractivity contribution in [2.45, 2.75) is 17.8 Å². The van der Waals surface area contributed by atoms with E-state index in [4.69, 9.17) is 4.42 Å². The highest BCUT2D eigenvalue weighted by Gasteiger charge is 2.13. The fourth-order valence-corrected chi connectivity index (χ4v) is 3.08. The van der Waals surface area contributed by atoms with Gasteiger partial charge in [0.1, 0.15) is 0 Å². The Labute approximate surface area is 117 Å². The summed E-state index contributed by atoms with van der Waals surface area (Å²) in [5.41, 5.74) is 0. The van der Waals surface area contributed by atoms with Crippen LogP contribution in [0.1, 0.15) is 11.8 Å². The minimum absolute atomic E-state index is 0.577. The van der Waals surface area contributed by atoms with E-state index in [9.17, 15) is 0 Å². The zero-order chi connectivity index (χ0) is 13.2. The lowest BCUT2D eigenvalue weighted by Gasteiger charge is -2.00. The number of nitrogens with zero attached hydrogens (tertiary/aromatic N) is 5. The number of aromatic nitrogens is 5. The van der Waals surface area contributed by atoms with E-state index in [1.165, 1.54) is 11.8 Å². The van der Waals surface area contributed by atoms with Gasteiger partial charge in [-0.1, -0.05) is 17.8 Å². The van der Waals surface area contributed by atoms with Crippen LogP contribution in [0.2, 0.25) is 0 Å². The monoisotopic (exact) mass is 293 g/mol. The minimum atomic E-state index is 0.577. The van der Waals surface area contributed by atoms with Gasteiger partial charge in [-0.15, -0.1) is 31.7 Å². The van der Waals surface area contributed by atoms with Crippen molar-refractivity contribution in [3.05, 3.63) is 29.3 Å². The van der Waals surface area contributed by atoms with E-state index in [-0.39, 0.29) is 0 Å². The summed E-state index contributed by atoms with van der Waals surface area (Å²) in [6, 6.07) is 4.03. The molecule has 3 heterocycles. The molecule has 3 aromatic heterocycles. The third-order valence-corrected chi connectivity index (χ3v) is 4.34. The van der Waals surface area contributed by atoms with Crippen molar-refractivity contribution >= 4 is 23.1 Å². The maximum absolute atomic E-state index is 5.33. The molecule has 19 heavy (non-hydrogen) atoms. The molecular formula is C11H11N5OS2. The summed E-state index contributed by atoms with van der Waals surface area (Å²) in [7, 11) is 1.95. The van der Waals surface area contributed by atoms with E-state index >= 15 is 0 Å². The third kappa shape index (κ3) is 2.54. The van der Waals surface area contributed by atoms with E-state index in [0.29, 0.717) is 17.5 Å². The lowest BCUT2D eigenvalue weighted by molar-refractivity contribution is 0.485. The summed E-state index contributed by atoms with van der Waals surface area (Å²) >= 11 is 3.18. The van der Waals surface area contributed by atoms with Crippen molar-refractivity contribution < 1.29 is 4.42 Å². The van der Waals surface area contributed by atoms with Crippen LogP contribution >= 0.6 is 23.1 Å². The van der Waals surface area contributed by atoms with Crippen LogP contribution in [0.4, 0.5) is 0 Å². The van der Waals surface area contributed by atoms with Crippen LogP contribution in [0.5, 0.6) is 0 Å². The molecule has 0 atom stereocenters. The molecule has 0 N–H and O–H groups in total. The van der Waals surface area contributed by atoms with E-state index in [1.807, 2.05) is 29.1 Å². The Morgan fingerprint density at radius 3 is 2.89 bits per heavy atom. The first-order valence-corrected chi connectivity index (χ1v) is 7.45. The minimum Gasteiger partial charge on any atom is -0.425 e. The normalized spacial score (nSPS) is 11.1. The lowest BCUT2D eigenvalue weighted by atomic mass is 10.4. The van der Waals surface area contributed by atoms with Gasteiger partial charge in [-0.2, -0.15) is 0 Å². The van der Waals surface area contributed by atoms with Crippen molar-refractivity contribution in [1.29, 1.82) is 0 Å². The van der Waals surface area contributed by atoms with Gasteiger partial charge in [-0.05, 0) is 11.4 Å². The molecule has 0 aromatic carbocycles. The number of hydrogen-bond donors (Lipinski definition) is 0. The summed E-state index contributed by atoms with van der Waals surface area (Å²) < 4.78 is 7.30. The molecule has 0 unspecified atom stereocenters. The molecule has 0 aliphatic heterocycles. The predicted octanol–water partition coefficient (Wildman–Crippen LogP) is 2.53. The molecule has 8 heteroatoms. The molecule has 0 saturated heterocycles. The van der Waals surface area contributed by atoms with E-state index in [0.717, 1.165) is 15.9 Å². The molecule has 6 nitrogen and oxygen atoms in total. The number of thiophene rings is 1. The summed E-state index contributed by atoms with van der Waals surface area (Å²) in [6.07, 6.45) is 0. The maximum Gasteiger partial charge on any atom is 0.226 e. The first-order chi connectivity index (χ1) is 9.24. The second kappa shape index (κ2) is 5.14. The Hall–Kier alpha value is -1.67. The molecule has 0 aliphatic carbocycles. The molecule has 0 bridgehead atoms. The summed E-state index contributed by atoms with van der Waals surface area (Å²) in [5.74, 6) is 2.65. The topological polar surface area (TPSA) is 69.6 Å². The standard InChI is InChI=1S/C11H11N5OS2/c1-7-12-13-9(17-7)6-19-11-15-14-10(16(11)2)8-4-3-5-18-8/h3-5H,6H2,1-2H3. The largest absolute Gasteiger partial charge is 0.425 e. The highest BCUT2D eigenvalue weighted by molar-refractivity contribution is 7.98. The van der Waals surface area contributed by atoms with E-state index in [2.05, 4.69) is 20.4 Å². The highest BCUT2D eigenvalue weighted by Crippen LogP contribution is 2.27. The molecule has 0 amide bonds. The maximum atomic E-state index is 5.33. The predicted molar refractivity (Wildman–Crippen MR) is 72.9 cm³/mol. The highest BCUT2D eigenvalue weighted by atomic mass is 32.2. The van der Waals surface area contributed by atoms with Gasteiger partial charge in [-0.3, -0.25) is 0 Å². The smallest absolute Gasteiger partial charge is 0.226 e. The van der Waals surface area contributed by atoms with Crippen molar-refractivity contribution in [3.8, 4) is 10.7 Å². The summed E-state index contributed by atoms with van der Waals surface area (Å²) in [4.78, 5) is 1.11. The van der Waals surface area contributed by atoms with Crippen LogP contribution in [-0.2, 0) is 12.8 Å². The summed E-state index contributed by atoms with van der Waals surface area (Å²) in [6.45, 7) is 1.78. The molecule has 3 aromatic rings. The SMILES string of the molecule is Cc1nnc(CSc2nnc(-c3cccs3)n2C)o1. The second-order valence-electron chi connectivity index (χ2n) is 3.85. The fourth-order valence-electron chi connectivity index (χ4n) is 1.58. The zero-order valence-electron chi connectivity index (χ0n) is 10.4. The Bertz CT molecular complexity index is 673. The molecule has 3 rings (SSSR count). The second-order valence-corrected chi connectivity index (χ2v) is 5.74. The van der Waals surface area contributed by atoms with Crippen LogP contribution in [0.3, 0.4) is 0 Å². The van der Waals surface area contributed by atoms with E-state index in [1.54, 1.807) is 18.3 Å². The van der Waals surface area contributed by atoms with Gasteiger partial charge in [0.25, 0.3) is 0 Å². The number of thioether (sulfide) groups is 1. The molecule has 0 spiro atoms. The molecular weight excluding hydrogens is 282 g/mol. The first kappa shape index (κ1) is 12.4. The van der Waals surface area contributed by atoms with Crippen molar-refractivity contribution in [2.24, 2.45) is 7.05 Å². The van der Waals surface area contributed by atoms with Crippen molar-refractivity contribution in [3.63, 3.8) is 0 Å². The Kier molecular flexibility index (Phi) is 3.34. The number of hydrogen-bond acceptors (Lipinski definition) is 7. The van der Waals surface area contributed by atoms with Crippen LogP contribution < -0.4 is 0 Å². The van der Waals surface area contributed by atoms with Gasteiger partial charge in [0, 0.05) is 14.0 Å². The Morgan fingerprint density at radius 1 is 1.32 bits per heavy atom. The van der Waals surface area contributed by atoms with Crippen LogP contribution in [0, 0.1) is 6.92 Å². The van der Waals surface area contributed by atoms with Crippen molar-refractivity contribution in [1.82, 2.24) is 25.0 Å². The molecule has 0 radical (unpaired) electrons. The van der Waals surface area contributed by atoms with Gasteiger partial charge >= 0.3 is 0 Å². The van der Waals surface area contributed by atoms with Gasteiger partial charge in [0.15, 0.2) is 11.0 Å². The van der Waals surface area contributed by atoms with Crippen molar-refractivity contribution in [2.75, 3.05) is 0 Å². The number of rotatable bonds is 4.